The third kappa shape index (κ3) is 4.58. The van der Waals surface area contributed by atoms with Crippen molar-refractivity contribution >= 4 is 0 Å². The van der Waals surface area contributed by atoms with Crippen LogP contribution in [0.4, 0.5) is 0 Å². The van der Waals surface area contributed by atoms with Gasteiger partial charge in [0, 0.05) is 7.11 Å². The number of hydrogen-bond donors (Lipinski definition) is 1. The first-order chi connectivity index (χ1) is 5.22. The van der Waals surface area contributed by atoms with E-state index in [0.717, 1.165) is 0 Å². The second kappa shape index (κ2) is 5.95. The molecule has 0 rings (SSSR count). The molecular formula is C8H14O3. The number of aliphatic hydroxyl groups is 1. The molecule has 0 heterocycles. The highest BCUT2D eigenvalue weighted by Gasteiger charge is 2.03. The van der Waals surface area contributed by atoms with Gasteiger partial charge in [-0.05, 0) is 6.92 Å². The Labute approximate surface area is 66.9 Å². The third-order valence-corrected chi connectivity index (χ3v) is 1.07. The molecule has 0 aliphatic carbocycles. The number of methoxy groups -OCH3 is 1. The molecule has 3 heteroatoms. The molecule has 0 saturated carbocycles. The van der Waals surface area contributed by atoms with Gasteiger partial charge in [0.2, 0.25) is 0 Å². The van der Waals surface area contributed by atoms with Gasteiger partial charge in [0.25, 0.3) is 0 Å². The summed E-state index contributed by atoms with van der Waals surface area (Å²) in [6.45, 7) is 5.44. The van der Waals surface area contributed by atoms with Crippen LogP contribution in [0.25, 0.3) is 0 Å². The lowest BCUT2D eigenvalue weighted by Crippen LogP contribution is -2.09. The van der Waals surface area contributed by atoms with E-state index in [0.29, 0.717) is 5.76 Å². The molecule has 11 heavy (non-hydrogen) atoms. The van der Waals surface area contributed by atoms with Crippen molar-refractivity contribution in [3.63, 3.8) is 0 Å². The number of rotatable bonds is 5. The predicted octanol–water partition coefficient (Wildman–Crippen LogP) is 1.06. The van der Waals surface area contributed by atoms with Gasteiger partial charge in [0.05, 0.1) is 0 Å². The smallest absolute Gasteiger partial charge is 0.188 e. The Morgan fingerprint density at radius 2 is 2.36 bits per heavy atom. The highest BCUT2D eigenvalue weighted by molar-refractivity contribution is 5.03. The van der Waals surface area contributed by atoms with Crippen molar-refractivity contribution in [3.8, 4) is 0 Å². The van der Waals surface area contributed by atoms with E-state index in [9.17, 15) is 5.11 Å². The first-order valence-electron chi connectivity index (χ1n) is 3.33. The summed E-state index contributed by atoms with van der Waals surface area (Å²) in [5.74, 6) is 0.296. The number of aliphatic hydroxyl groups excluding tert-OH is 1. The quantitative estimate of drug-likeness (QED) is 0.369. The molecule has 0 saturated heterocycles. The molecule has 0 spiro atoms. The van der Waals surface area contributed by atoms with Crippen LogP contribution in [0.1, 0.15) is 6.92 Å². The van der Waals surface area contributed by atoms with Crippen molar-refractivity contribution in [2.24, 2.45) is 0 Å². The van der Waals surface area contributed by atoms with Gasteiger partial charge in [0.1, 0.15) is 11.9 Å². The van der Waals surface area contributed by atoms with E-state index in [1.54, 1.807) is 12.2 Å². The van der Waals surface area contributed by atoms with Crippen LogP contribution in [0.2, 0.25) is 0 Å². The zero-order chi connectivity index (χ0) is 8.69. The van der Waals surface area contributed by atoms with Crippen LogP contribution in [0.5, 0.6) is 0 Å². The van der Waals surface area contributed by atoms with Crippen molar-refractivity contribution < 1.29 is 14.6 Å². The van der Waals surface area contributed by atoms with Gasteiger partial charge in [-0.2, -0.15) is 0 Å². The molecule has 0 aliphatic rings. The minimum atomic E-state index is -0.741. The maximum atomic E-state index is 9.18. The van der Waals surface area contributed by atoms with Gasteiger partial charge < -0.3 is 14.6 Å². The van der Waals surface area contributed by atoms with E-state index >= 15 is 0 Å². The maximum absolute atomic E-state index is 9.18. The number of ether oxygens (including phenoxy) is 2. The maximum Gasteiger partial charge on any atom is 0.188 e. The summed E-state index contributed by atoms with van der Waals surface area (Å²) in [5.41, 5.74) is 0. The molecule has 64 valence electrons. The fourth-order valence-electron chi connectivity index (χ4n) is 0.510. The second-order valence-corrected chi connectivity index (χ2v) is 1.99. The van der Waals surface area contributed by atoms with Crippen molar-refractivity contribution in [2.75, 3.05) is 13.9 Å². The molecule has 0 aliphatic heterocycles. The minimum Gasteiger partial charge on any atom is -0.469 e. The van der Waals surface area contributed by atoms with E-state index in [-0.39, 0.29) is 6.79 Å². The van der Waals surface area contributed by atoms with Gasteiger partial charge in [-0.25, -0.2) is 0 Å². The normalized spacial score (nSPS) is 13.4. The first kappa shape index (κ1) is 10.2. The zero-order valence-corrected chi connectivity index (χ0v) is 6.91. The van der Waals surface area contributed by atoms with Crippen LogP contribution >= 0.6 is 0 Å². The Kier molecular flexibility index (Phi) is 5.51. The van der Waals surface area contributed by atoms with Crippen molar-refractivity contribution in [1.29, 1.82) is 0 Å². The average Bonchev–Trinajstić information content (AvgIpc) is 2.00. The average molecular weight is 158 g/mol. The highest BCUT2D eigenvalue weighted by atomic mass is 16.7. The Balaban J connectivity index is 3.64. The van der Waals surface area contributed by atoms with Gasteiger partial charge in [-0.15, -0.1) is 0 Å². The largest absolute Gasteiger partial charge is 0.469 e. The summed E-state index contributed by atoms with van der Waals surface area (Å²) < 4.78 is 9.51. The Morgan fingerprint density at radius 1 is 1.73 bits per heavy atom. The van der Waals surface area contributed by atoms with E-state index in [4.69, 9.17) is 4.74 Å². The number of allylic oxidation sites excluding steroid dienone is 1. The molecule has 1 unspecified atom stereocenters. The van der Waals surface area contributed by atoms with E-state index < -0.39 is 6.10 Å². The van der Waals surface area contributed by atoms with E-state index in [1.807, 2.05) is 6.92 Å². The van der Waals surface area contributed by atoms with Crippen LogP contribution in [0.3, 0.4) is 0 Å². The SMILES string of the molecule is C=C(OCOC)C(O)C=CC. The fourth-order valence-corrected chi connectivity index (χ4v) is 0.510. The summed E-state index contributed by atoms with van der Waals surface area (Å²) in [6.07, 6.45) is 2.57. The molecule has 0 radical (unpaired) electrons. The third-order valence-electron chi connectivity index (χ3n) is 1.07. The lowest BCUT2D eigenvalue weighted by Gasteiger charge is -2.10. The van der Waals surface area contributed by atoms with Crippen LogP contribution in [-0.4, -0.2) is 25.1 Å². The summed E-state index contributed by atoms with van der Waals surface area (Å²) in [4.78, 5) is 0. The van der Waals surface area contributed by atoms with Crippen molar-refractivity contribution in [2.45, 2.75) is 13.0 Å². The highest BCUT2D eigenvalue weighted by Crippen LogP contribution is 2.02. The molecular weight excluding hydrogens is 144 g/mol. The Bertz CT molecular complexity index is 140. The summed E-state index contributed by atoms with van der Waals surface area (Å²) in [6, 6.07) is 0. The summed E-state index contributed by atoms with van der Waals surface area (Å²) in [5, 5.41) is 9.18. The monoisotopic (exact) mass is 158 g/mol. The van der Waals surface area contributed by atoms with Crippen molar-refractivity contribution in [1.82, 2.24) is 0 Å². The van der Waals surface area contributed by atoms with Gasteiger partial charge in [-0.3, -0.25) is 0 Å². The molecule has 1 atom stereocenters. The van der Waals surface area contributed by atoms with Crippen LogP contribution < -0.4 is 0 Å². The Hall–Kier alpha value is -0.800. The van der Waals surface area contributed by atoms with E-state index in [1.165, 1.54) is 7.11 Å². The topological polar surface area (TPSA) is 38.7 Å². The zero-order valence-electron chi connectivity index (χ0n) is 6.91. The van der Waals surface area contributed by atoms with E-state index in [2.05, 4.69) is 11.3 Å². The lowest BCUT2D eigenvalue weighted by atomic mass is 10.3. The van der Waals surface area contributed by atoms with Gasteiger partial charge in [0.15, 0.2) is 6.79 Å². The van der Waals surface area contributed by atoms with Gasteiger partial charge in [-0.1, -0.05) is 18.7 Å². The molecule has 1 N–H and O–H groups in total. The lowest BCUT2D eigenvalue weighted by molar-refractivity contribution is -0.0119. The molecule has 3 nitrogen and oxygen atoms in total. The Morgan fingerprint density at radius 3 is 2.82 bits per heavy atom. The minimum absolute atomic E-state index is 0.118. The standard InChI is InChI=1S/C8H14O3/c1-4-5-8(9)7(2)11-6-10-3/h4-5,8-9H,2,6H2,1,3H3. The van der Waals surface area contributed by atoms with Crippen LogP contribution in [-0.2, 0) is 9.47 Å². The molecule has 0 aromatic rings. The summed E-state index contributed by atoms with van der Waals surface area (Å²) >= 11 is 0. The molecule has 0 amide bonds. The fraction of sp³-hybridized carbons (Fsp3) is 0.500. The molecule has 0 fully saturated rings. The summed E-state index contributed by atoms with van der Waals surface area (Å²) in [7, 11) is 1.51. The van der Waals surface area contributed by atoms with Crippen molar-refractivity contribution in [3.05, 3.63) is 24.5 Å². The predicted molar refractivity (Wildman–Crippen MR) is 42.9 cm³/mol. The second-order valence-electron chi connectivity index (χ2n) is 1.99. The van der Waals surface area contributed by atoms with Gasteiger partial charge >= 0.3 is 0 Å². The number of hydrogen-bond acceptors (Lipinski definition) is 3. The molecule has 0 bridgehead atoms. The molecule has 0 aromatic carbocycles. The van der Waals surface area contributed by atoms with Crippen LogP contribution in [0.15, 0.2) is 24.5 Å². The first-order valence-corrected chi connectivity index (χ1v) is 3.33. The molecule has 0 aromatic heterocycles. The van der Waals surface area contributed by atoms with Crippen LogP contribution in [0, 0.1) is 0 Å².